The molecule has 0 aliphatic carbocycles. The Morgan fingerprint density at radius 3 is 3.14 bits per heavy atom. The zero-order chi connectivity index (χ0) is 10.4. The van der Waals surface area contributed by atoms with E-state index in [1.807, 2.05) is 0 Å². The predicted octanol–water partition coefficient (Wildman–Crippen LogP) is 0.493. The number of esters is 1. The summed E-state index contributed by atoms with van der Waals surface area (Å²) >= 11 is 0. The summed E-state index contributed by atoms with van der Waals surface area (Å²) in [4.78, 5) is 14.4. The summed E-state index contributed by atoms with van der Waals surface area (Å²) in [6, 6.07) is 0. The molecule has 0 saturated heterocycles. The molecule has 14 heavy (non-hydrogen) atoms. The van der Waals surface area contributed by atoms with E-state index in [0.717, 1.165) is 6.08 Å². The molecule has 0 aromatic carbocycles. The number of ether oxygens (including phenoxy) is 1. The summed E-state index contributed by atoms with van der Waals surface area (Å²) in [5.74, 6) is -0.483. The van der Waals surface area contributed by atoms with Crippen LogP contribution in [0.4, 0.5) is 0 Å². The van der Waals surface area contributed by atoms with Gasteiger partial charge in [-0.15, -0.1) is 0 Å². The summed E-state index contributed by atoms with van der Waals surface area (Å²) in [6.07, 6.45) is 5.41. The molecule has 0 saturated carbocycles. The first kappa shape index (κ1) is 10.5. The summed E-state index contributed by atoms with van der Waals surface area (Å²) in [5, 5.41) is 9.50. The molecule has 5 heteroatoms. The molecule has 0 aliphatic rings. The Hall–Kier alpha value is -1.62. The quantitative estimate of drug-likeness (QED) is 0.550. The van der Waals surface area contributed by atoms with Gasteiger partial charge in [0.25, 0.3) is 0 Å². The fourth-order valence-electron chi connectivity index (χ4n) is 0.919. The minimum atomic E-state index is -0.713. The van der Waals surface area contributed by atoms with Crippen LogP contribution in [0.3, 0.4) is 0 Å². The molecule has 1 aromatic heterocycles. The molecule has 0 amide bonds. The van der Waals surface area contributed by atoms with Crippen molar-refractivity contribution in [3.05, 3.63) is 31.4 Å². The molecule has 0 aliphatic heterocycles. The number of carbonyl (C=O) groups is 1. The highest BCUT2D eigenvalue weighted by atomic mass is 16.5. The zero-order valence-corrected chi connectivity index (χ0v) is 7.67. The summed E-state index contributed by atoms with van der Waals surface area (Å²) in [7, 11) is 0. The van der Waals surface area contributed by atoms with Crippen molar-refractivity contribution in [1.82, 2.24) is 9.55 Å². The average Bonchev–Trinajstić information content (AvgIpc) is 2.70. The number of imidazole rings is 1. The van der Waals surface area contributed by atoms with Gasteiger partial charge in [0.15, 0.2) is 0 Å². The van der Waals surface area contributed by atoms with E-state index in [0.29, 0.717) is 6.42 Å². The van der Waals surface area contributed by atoms with Crippen LogP contribution in [-0.2, 0) is 9.53 Å². The maximum atomic E-state index is 10.6. The molecular formula is C9H12N2O3. The Kier molecular flexibility index (Phi) is 3.87. The lowest BCUT2D eigenvalue weighted by Gasteiger charge is -2.10. The van der Waals surface area contributed by atoms with Crippen molar-refractivity contribution in [3.8, 4) is 0 Å². The third-order valence-electron chi connectivity index (χ3n) is 1.66. The molecule has 1 atom stereocenters. The number of nitrogens with zero attached hydrogens (tertiary/aromatic N) is 2. The number of aromatic nitrogens is 2. The SMILES string of the molecule is C=CC(=O)OCCC(O)n1ccnc1. The highest BCUT2D eigenvalue weighted by molar-refractivity contribution is 5.81. The maximum Gasteiger partial charge on any atom is 0.330 e. The van der Waals surface area contributed by atoms with Crippen LogP contribution in [0.1, 0.15) is 12.6 Å². The van der Waals surface area contributed by atoms with Gasteiger partial charge in [0.2, 0.25) is 0 Å². The van der Waals surface area contributed by atoms with Crippen LogP contribution < -0.4 is 0 Å². The molecule has 1 rings (SSSR count). The number of hydrogen-bond acceptors (Lipinski definition) is 4. The second kappa shape index (κ2) is 5.18. The third kappa shape index (κ3) is 3.02. The van der Waals surface area contributed by atoms with Gasteiger partial charge >= 0.3 is 5.97 Å². The van der Waals surface area contributed by atoms with Gasteiger partial charge < -0.3 is 14.4 Å². The van der Waals surface area contributed by atoms with Crippen molar-refractivity contribution in [2.24, 2.45) is 0 Å². The predicted molar refractivity (Wildman–Crippen MR) is 49.3 cm³/mol. The molecule has 5 nitrogen and oxygen atoms in total. The van der Waals surface area contributed by atoms with E-state index in [-0.39, 0.29) is 6.61 Å². The van der Waals surface area contributed by atoms with Crippen molar-refractivity contribution in [1.29, 1.82) is 0 Å². The van der Waals surface area contributed by atoms with Crippen LogP contribution in [0.15, 0.2) is 31.4 Å². The molecule has 0 fully saturated rings. The summed E-state index contributed by atoms with van der Waals surface area (Å²) in [6.45, 7) is 3.41. The lowest BCUT2D eigenvalue weighted by molar-refractivity contribution is -0.138. The van der Waals surface area contributed by atoms with Gasteiger partial charge in [-0.25, -0.2) is 9.78 Å². The van der Waals surface area contributed by atoms with Crippen molar-refractivity contribution in [2.75, 3.05) is 6.61 Å². The maximum absolute atomic E-state index is 10.6. The minimum absolute atomic E-state index is 0.157. The highest BCUT2D eigenvalue weighted by Crippen LogP contribution is 2.06. The first-order chi connectivity index (χ1) is 6.74. The molecule has 1 N–H and O–H groups in total. The Morgan fingerprint density at radius 2 is 2.57 bits per heavy atom. The Bertz CT molecular complexity index is 295. The lowest BCUT2D eigenvalue weighted by Crippen LogP contribution is -2.11. The van der Waals surface area contributed by atoms with Crippen molar-refractivity contribution in [3.63, 3.8) is 0 Å². The van der Waals surface area contributed by atoms with E-state index >= 15 is 0 Å². The average molecular weight is 196 g/mol. The molecule has 76 valence electrons. The van der Waals surface area contributed by atoms with Crippen LogP contribution in [0.5, 0.6) is 0 Å². The Balaban J connectivity index is 2.25. The smallest absolute Gasteiger partial charge is 0.330 e. The van der Waals surface area contributed by atoms with E-state index < -0.39 is 12.2 Å². The van der Waals surface area contributed by atoms with Gasteiger partial charge in [0.1, 0.15) is 6.23 Å². The van der Waals surface area contributed by atoms with E-state index in [2.05, 4.69) is 11.6 Å². The minimum Gasteiger partial charge on any atom is -0.462 e. The normalized spacial score (nSPS) is 12.1. The van der Waals surface area contributed by atoms with Gasteiger partial charge in [-0.2, -0.15) is 0 Å². The number of aliphatic hydroxyl groups excluding tert-OH is 1. The Labute approximate surface area is 81.6 Å². The first-order valence-corrected chi connectivity index (χ1v) is 4.18. The fraction of sp³-hybridized carbons (Fsp3) is 0.333. The van der Waals surface area contributed by atoms with Crippen LogP contribution >= 0.6 is 0 Å². The highest BCUT2D eigenvalue weighted by Gasteiger charge is 2.05. The zero-order valence-electron chi connectivity index (χ0n) is 7.67. The summed E-state index contributed by atoms with van der Waals surface area (Å²) < 4.78 is 6.24. The molecule has 0 radical (unpaired) electrons. The number of carbonyl (C=O) groups excluding carboxylic acids is 1. The molecule has 1 heterocycles. The van der Waals surface area contributed by atoms with Gasteiger partial charge in [0, 0.05) is 24.9 Å². The summed E-state index contributed by atoms with van der Waals surface area (Å²) in [5.41, 5.74) is 0. The number of hydrogen-bond donors (Lipinski definition) is 1. The topological polar surface area (TPSA) is 64.3 Å². The van der Waals surface area contributed by atoms with Gasteiger partial charge in [0.05, 0.1) is 12.9 Å². The van der Waals surface area contributed by atoms with Crippen molar-refractivity contribution < 1.29 is 14.6 Å². The second-order valence-corrected chi connectivity index (χ2v) is 2.65. The van der Waals surface area contributed by atoms with Crippen LogP contribution in [-0.4, -0.2) is 27.2 Å². The third-order valence-corrected chi connectivity index (χ3v) is 1.66. The molecule has 1 unspecified atom stereocenters. The van der Waals surface area contributed by atoms with Crippen molar-refractivity contribution >= 4 is 5.97 Å². The van der Waals surface area contributed by atoms with Gasteiger partial charge in [-0.1, -0.05) is 6.58 Å². The van der Waals surface area contributed by atoms with E-state index in [1.165, 1.54) is 10.9 Å². The van der Waals surface area contributed by atoms with Crippen molar-refractivity contribution in [2.45, 2.75) is 12.6 Å². The number of aliphatic hydroxyl groups is 1. The monoisotopic (exact) mass is 196 g/mol. The molecule has 0 spiro atoms. The van der Waals surface area contributed by atoms with E-state index in [4.69, 9.17) is 4.74 Å². The van der Waals surface area contributed by atoms with E-state index in [9.17, 15) is 9.90 Å². The van der Waals surface area contributed by atoms with Crippen LogP contribution in [0.2, 0.25) is 0 Å². The van der Waals surface area contributed by atoms with Crippen LogP contribution in [0.25, 0.3) is 0 Å². The second-order valence-electron chi connectivity index (χ2n) is 2.65. The fourth-order valence-corrected chi connectivity index (χ4v) is 0.919. The lowest BCUT2D eigenvalue weighted by atomic mass is 10.4. The largest absolute Gasteiger partial charge is 0.462 e. The van der Waals surface area contributed by atoms with Gasteiger partial charge in [-0.3, -0.25) is 0 Å². The molecular weight excluding hydrogens is 184 g/mol. The number of rotatable bonds is 5. The van der Waals surface area contributed by atoms with Crippen LogP contribution in [0, 0.1) is 0 Å². The van der Waals surface area contributed by atoms with E-state index in [1.54, 1.807) is 12.4 Å². The Morgan fingerprint density at radius 1 is 1.79 bits per heavy atom. The standard InChI is InChI=1S/C9H12N2O3/c1-2-9(13)14-6-3-8(12)11-5-4-10-7-11/h2,4-5,7-8,12H,1,3,6H2. The van der Waals surface area contributed by atoms with Gasteiger partial charge in [-0.05, 0) is 0 Å². The molecule has 1 aromatic rings. The molecule has 0 bridgehead atoms. The first-order valence-electron chi connectivity index (χ1n) is 4.18.